The lowest BCUT2D eigenvalue weighted by molar-refractivity contribution is -0.113. The fraction of sp³-hybridized carbons (Fsp3) is 0.357. The number of carbonyl (C=O) groups excluding carboxylic acids is 1. The topological polar surface area (TPSA) is 35.5 Å². The second kappa shape index (κ2) is 6.09. The van der Waals surface area contributed by atoms with Crippen LogP contribution in [0.4, 0.5) is 0 Å². The summed E-state index contributed by atoms with van der Waals surface area (Å²) >= 11 is 0. The standard InChI is InChI=1S/C14H18O3/c1-5-17-14-9-12(6-7-13(14)16-4)8-10(2)11(3)15/h6-9H,5H2,1-4H3/b10-8-. The molecule has 0 radical (unpaired) electrons. The van der Waals surface area contributed by atoms with Crippen LogP contribution in [0.2, 0.25) is 0 Å². The average molecular weight is 234 g/mol. The fourth-order valence-corrected chi connectivity index (χ4v) is 1.40. The van der Waals surface area contributed by atoms with Crippen molar-refractivity contribution in [1.29, 1.82) is 0 Å². The molecule has 0 saturated heterocycles. The zero-order chi connectivity index (χ0) is 12.8. The minimum absolute atomic E-state index is 0.0683. The molecular weight excluding hydrogens is 216 g/mol. The highest BCUT2D eigenvalue weighted by Crippen LogP contribution is 2.28. The molecule has 0 bridgehead atoms. The van der Waals surface area contributed by atoms with Crippen molar-refractivity contribution in [3.63, 3.8) is 0 Å². The van der Waals surface area contributed by atoms with E-state index in [-0.39, 0.29) is 5.78 Å². The van der Waals surface area contributed by atoms with Crippen molar-refractivity contribution in [1.82, 2.24) is 0 Å². The van der Waals surface area contributed by atoms with Crippen LogP contribution in [-0.2, 0) is 4.79 Å². The predicted molar refractivity (Wildman–Crippen MR) is 68.5 cm³/mol. The van der Waals surface area contributed by atoms with Crippen LogP contribution in [0.15, 0.2) is 23.8 Å². The van der Waals surface area contributed by atoms with E-state index in [0.717, 1.165) is 11.1 Å². The van der Waals surface area contributed by atoms with Crippen LogP contribution in [0, 0.1) is 0 Å². The van der Waals surface area contributed by atoms with Crippen molar-refractivity contribution in [3.8, 4) is 11.5 Å². The number of carbonyl (C=O) groups is 1. The molecule has 0 unspecified atom stereocenters. The van der Waals surface area contributed by atoms with E-state index in [4.69, 9.17) is 9.47 Å². The summed E-state index contributed by atoms with van der Waals surface area (Å²) < 4.78 is 10.7. The van der Waals surface area contributed by atoms with Gasteiger partial charge in [0.05, 0.1) is 13.7 Å². The minimum Gasteiger partial charge on any atom is -0.493 e. The fourth-order valence-electron chi connectivity index (χ4n) is 1.40. The number of rotatable bonds is 5. The Morgan fingerprint density at radius 2 is 2.00 bits per heavy atom. The molecule has 1 rings (SSSR count). The first-order valence-corrected chi connectivity index (χ1v) is 5.58. The third-order valence-corrected chi connectivity index (χ3v) is 2.43. The van der Waals surface area contributed by atoms with Gasteiger partial charge >= 0.3 is 0 Å². The van der Waals surface area contributed by atoms with Gasteiger partial charge in [-0.1, -0.05) is 6.07 Å². The Morgan fingerprint density at radius 1 is 1.29 bits per heavy atom. The minimum atomic E-state index is 0.0683. The van der Waals surface area contributed by atoms with Crippen molar-refractivity contribution in [2.24, 2.45) is 0 Å². The molecule has 0 aliphatic carbocycles. The summed E-state index contributed by atoms with van der Waals surface area (Å²) in [5.74, 6) is 1.46. The lowest BCUT2D eigenvalue weighted by atomic mass is 10.1. The largest absolute Gasteiger partial charge is 0.493 e. The van der Waals surface area contributed by atoms with Crippen LogP contribution in [0.3, 0.4) is 0 Å². The van der Waals surface area contributed by atoms with Crippen LogP contribution in [0.5, 0.6) is 11.5 Å². The van der Waals surface area contributed by atoms with Crippen LogP contribution in [0.25, 0.3) is 6.08 Å². The van der Waals surface area contributed by atoms with E-state index < -0.39 is 0 Å². The Labute approximate surface area is 102 Å². The molecular formula is C14H18O3. The van der Waals surface area contributed by atoms with Gasteiger partial charge in [0.25, 0.3) is 0 Å². The van der Waals surface area contributed by atoms with E-state index in [0.29, 0.717) is 18.1 Å². The molecule has 0 aromatic heterocycles. The molecule has 17 heavy (non-hydrogen) atoms. The van der Waals surface area contributed by atoms with Crippen molar-refractivity contribution in [2.45, 2.75) is 20.8 Å². The molecule has 0 fully saturated rings. The number of Topliss-reactive ketones (excluding diaryl/α,β-unsaturated/α-hetero) is 1. The number of allylic oxidation sites excluding steroid dienone is 1. The Hall–Kier alpha value is -1.77. The van der Waals surface area contributed by atoms with E-state index in [2.05, 4.69) is 0 Å². The number of hydrogen-bond acceptors (Lipinski definition) is 3. The Morgan fingerprint density at radius 3 is 2.53 bits per heavy atom. The van der Waals surface area contributed by atoms with E-state index in [1.54, 1.807) is 21.0 Å². The summed E-state index contributed by atoms with van der Waals surface area (Å²) in [5, 5.41) is 0. The summed E-state index contributed by atoms with van der Waals surface area (Å²) in [5.41, 5.74) is 1.65. The SMILES string of the molecule is CCOc1cc(/C=C(/C)C(C)=O)ccc1OC. The molecule has 0 spiro atoms. The molecule has 0 amide bonds. The van der Waals surface area contributed by atoms with Gasteiger partial charge in [0.2, 0.25) is 0 Å². The zero-order valence-electron chi connectivity index (χ0n) is 10.7. The lowest BCUT2D eigenvalue weighted by Crippen LogP contribution is -1.96. The first kappa shape index (κ1) is 13.3. The smallest absolute Gasteiger partial charge is 0.161 e. The molecule has 0 aliphatic heterocycles. The summed E-state index contributed by atoms with van der Waals surface area (Å²) in [6.07, 6.45) is 1.84. The van der Waals surface area contributed by atoms with Gasteiger partial charge in [-0.25, -0.2) is 0 Å². The van der Waals surface area contributed by atoms with Gasteiger partial charge in [-0.2, -0.15) is 0 Å². The first-order valence-electron chi connectivity index (χ1n) is 5.58. The number of ketones is 1. The van der Waals surface area contributed by atoms with Gasteiger partial charge in [-0.05, 0) is 50.1 Å². The second-order valence-corrected chi connectivity index (χ2v) is 3.73. The third kappa shape index (κ3) is 3.63. The maximum atomic E-state index is 11.2. The highest BCUT2D eigenvalue weighted by Gasteiger charge is 2.05. The molecule has 0 aliphatic rings. The number of ether oxygens (including phenoxy) is 2. The van der Waals surface area contributed by atoms with Crippen molar-refractivity contribution in [2.75, 3.05) is 13.7 Å². The van der Waals surface area contributed by atoms with Crippen molar-refractivity contribution < 1.29 is 14.3 Å². The van der Waals surface area contributed by atoms with Crippen molar-refractivity contribution >= 4 is 11.9 Å². The monoisotopic (exact) mass is 234 g/mol. The van der Waals surface area contributed by atoms with E-state index in [9.17, 15) is 4.79 Å². The van der Waals surface area contributed by atoms with Gasteiger partial charge in [-0.15, -0.1) is 0 Å². The highest BCUT2D eigenvalue weighted by atomic mass is 16.5. The Bertz CT molecular complexity index is 433. The summed E-state index contributed by atoms with van der Waals surface area (Å²) in [4.78, 5) is 11.2. The predicted octanol–water partition coefficient (Wildman–Crippen LogP) is 3.09. The summed E-state index contributed by atoms with van der Waals surface area (Å²) in [6, 6.07) is 5.60. The van der Waals surface area contributed by atoms with Gasteiger partial charge < -0.3 is 9.47 Å². The quantitative estimate of drug-likeness (QED) is 0.734. The molecule has 0 saturated carbocycles. The van der Waals surface area contributed by atoms with Crippen LogP contribution in [-0.4, -0.2) is 19.5 Å². The van der Waals surface area contributed by atoms with Crippen LogP contribution in [0.1, 0.15) is 26.3 Å². The summed E-state index contributed by atoms with van der Waals surface area (Å²) in [6.45, 7) is 5.85. The second-order valence-electron chi connectivity index (χ2n) is 3.73. The number of benzene rings is 1. The Balaban J connectivity index is 3.07. The average Bonchev–Trinajstić information content (AvgIpc) is 2.29. The van der Waals surface area contributed by atoms with Gasteiger partial charge in [-0.3, -0.25) is 4.79 Å². The Kier molecular flexibility index (Phi) is 4.76. The van der Waals surface area contributed by atoms with Gasteiger partial charge in [0.1, 0.15) is 0 Å². The number of hydrogen-bond donors (Lipinski definition) is 0. The van der Waals surface area contributed by atoms with Gasteiger partial charge in [0, 0.05) is 0 Å². The van der Waals surface area contributed by atoms with Crippen LogP contribution < -0.4 is 9.47 Å². The number of methoxy groups -OCH3 is 1. The zero-order valence-corrected chi connectivity index (χ0v) is 10.7. The van der Waals surface area contributed by atoms with Crippen LogP contribution >= 0.6 is 0 Å². The normalized spacial score (nSPS) is 11.2. The van der Waals surface area contributed by atoms with E-state index in [1.807, 2.05) is 31.2 Å². The first-order chi connectivity index (χ1) is 8.08. The molecule has 1 aromatic rings. The molecule has 92 valence electrons. The summed E-state index contributed by atoms with van der Waals surface area (Å²) in [7, 11) is 1.61. The molecule has 1 aromatic carbocycles. The molecule has 3 nitrogen and oxygen atoms in total. The van der Waals surface area contributed by atoms with E-state index in [1.165, 1.54) is 0 Å². The third-order valence-electron chi connectivity index (χ3n) is 2.43. The maximum Gasteiger partial charge on any atom is 0.161 e. The maximum absolute atomic E-state index is 11.2. The molecule has 0 N–H and O–H groups in total. The molecule has 0 heterocycles. The van der Waals surface area contributed by atoms with E-state index >= 15 is 0 Å². The molecule has 3 heteroatoms. The highest BCUT2D eigenvalue weighted by molar-refractivity contribution is 5.97. The van der Waals surface area contributed by atoms with Crippen molar-refractivity contribution in [3.05, 3.63) is 29.3 Å². The molecule has 0 atom stereocenters. The lowest BCUT2D eigenvalue weighted by Gasteiger charge is -2.09. The van der Waals surface area contributed by atoms with Gasteiger partial charge in [0.15, 0.2) is 17.3 Å².